The van der Waals surface area contributed by atoms with Gasteiger partial charge in [0.05, 0.1) is 0 Å². The van der Waals surface area contributed by atoms with Crippen LogP contribution in [-0.2, 0) is 19.1 Å². The molecule has 0 spiro atoms. The maximum Gasteiger partial charge on any atom is 0.306 e. The lowest BCUT2D eigenvalue weighted by molar-refractivity contribution is -0.191. The van der Waals surface area contributed by atoms with Crippen molar-refractivity contribution in [2.24, 2.45) is 5.92 Å². The Morgan fingerprint density at radius 2 is 1.15 bits per heavy atom. The molecule has 0 aromatic rings. The van der Waals surface area contributed by atoms with E-state index in [1.165, 1.54) is 51.4 Å². The normalized spacial score (nSPS) is 21.5. The molecule has 0 amide bonds. The van der Waals surface area contributed by atoms with Crippen LogP contribution in [0.25, 0.3) is 0 Å². The summed E-state index contributed by atoms with van der Waals surface area (Å²) in [4.78, 5) is 24.1. The molecule has 1 fully saturated rings. The third-order valence-corrected chi connectivity index (χ3v) is 5.55. The number of carbonyl (C=O) groups is 2. The minimum atomic E-state index is -0.244. The Morgan fingerprint density at radius 3 is 1.63 bits per heavy atom. The minimum Gasteiger partial charge on any atom is -0.458 e. The third-order valence-electron chi connectivity index (χ3n) is 5.55. The van der Waals surface area contributed by atoms with Gasteiger partial charge in [0.1, 0.15) is 12.2 Å². The first-order valence-corrected chi connectivity index (χ1v) is 11.5. The fourth-order valence-electron chi connectivity index (χ4n) is 3.65. The second kappa shape index (κ2) is 14.9. The number of unbranched alkanes of at least 4 members (excludes halogenated alkanes) is 10. The molecule has 1 aliphatic carbocycles. The van der Waals surface area contributed by atoms with Crippen molar-refractivity contribution in [3.63, 3.8) is 0 Å². The molecule has 1 rings (SSSR count). The lowest BCUT2D eigenvalue weighted by Gasteiger charge is -2.41. The van der Waals surface area contributed by atoms with Crippen LogP contribution in [-0.4, -0.2) is 24.1 Å². The molecular weight excluding hydrogens is 340 g/mol. The molecule has 0 radical (unpaired) electrons. The number of esters is 2. The van der Waals surface area contributed by atoms with Gasteiger partial charge in [-0.1, -0.05) is 85.0 Å². The summed E-state index contributed by atoms with van der Waals surface area (Å²) < 4.78 is 11.1. The van der Waals surface area contributed by atoms with Crippen LogP contribution in [0, 0.1) is 5.92 Å². The van der Waals surface area contributed by atoms with Crippen LogP contribution < -0.4 is 0 Å². The van der Waals surface area contributed by atoms with E-state index in [1.807, 2.05) is 0 Å². The Kier molecular flexibility index (Phi) is 13.3. The number of rotatable bonds is 16. The predicted octanol–water partition coefficient (Wildman–Crippen LogP) is 6.35. The third kappa shape index (κ3) is 10.8. The molecule has 1 saturated carbocycles. The first-order valence-electron chi connectivity index (χ1n) is 11.5. The number of hydrogen-bond acceptors (Lipinski definition) is 4. The summed E-state index contributed by atoms with van der Waals surface area (Å²) in [5.41, 5.74) is 0. The highest BCUT2D eigenvalue weighted by molar-refractivity contribution is 5.71. The Labute approximate surface area is 166 Å². The monoisotopic (exact) mass is 382 g/mol. The van der Waals surface area contributed by atoms with E-state index in [0.717, 1.165) is 32.1 Å². The zero-order chi connectivity index (χ0) is 19.9. The van der Waals surface area contributed by atoms with Crippen molar-refractivity contribution in [3.8, 4) is 0 Å². The van der Waals surface area contributed by atoms with Crippen molar-refractivity contribution in [3.05, 3.63) is 0 Å². The van der Waals surface area contributed by atoms with Gasteiger partial charge >= 0.3 is 11.9 Å². The molecule has 0 bridgehead atoms. The standard InChI is InChI=1S/C23H42O4/c1-4-6-8-10-12-14-16-21(24)26-20-18-19(3)23(20)27-22(25)17-15-13-11-9-7-5-2/h19-20,23H,4-18H2,1-3H3. The lowest BCUT2D eigenvalue weighted by atomic mass is 9.80. The van der Waals surface area contributed by atoms with Gasteiger partial charge in [0.2, 0.25) is 0 Å². The highest BCUT2D eigenvalue weighted by Crippen LogP contribution is 2.33. The van der Waals surface area contributed by atoms with E-state index in [-0.39, 0.29) is 30.1 Å². The van der Waals surface area contributed by atoms with Crippen molar-refractivity contribution in [2.45, 2.75) is 129 Å². The molecule has 3 atom stereocenters. The van der Waals surface area contributed by atoms with Crippen molar-refractivity contribution >= 4 is 11.9 Å². The molecule has 27 heavy (non-hydrogen) atoms. The molecule has 0 heterocycles. The summed E-state index contributed by atoms with van der Waals surface area (Å²) in [5, 5.41) is 0. The van der Waals surface area contributed by atoms with Gasteiger partial charge in [-0.15, -0.1) is 0 Å². The molecule has 0 saturated heterocycles. The molecule has 158 valence electrons. The number of hydrogen-bond donors (Lipinski definition) is 0. The summed E-state index contributed by atoms with van der Waals surface area (Å²) in [6.07, 6.45) is 15.2. The number of carbonyl (C=O) groups excluding carboxylic acids is 2. The zero-order valence-electron chi connectivity index (χ0n) is 18.0. The van der Waals surface area contributed by atoms with Gasteiger partial charge in [-0.2, -0.15) is 0 Å². The average molecular weight is 383 g/mol. The number of ether oxygens (including phenoxy) is 2. The molecule has 0 aromatic heterocycles. The van der Waals surface area contributed by atoms with Crippen molar-refractivity contribution in [1.29, 1.82) is 0 Å². The van der Waals surface area contributed by atoms with E-state index in [9.17, 15) is 9.59 Å². The van der Waals surface area contributed by atoms with E-state index < -0.39 is 0 Å². The smallest absolute Gasteiger partial charge is 0.306 e. The molecule has 4 nitrogen and oxygen atoms in total. The van der Waals surface area contributed by atoms with Crippen molar-refractivity contribution in [1.82, 2.24) is 0 Å². The van der Waals surface area contributed by atoms with Crippen LogP contribution in [0.4, 0.5) is 0 Å². The van der Waals surface area contributed by atoms with Gasteiger partial charge in [-0.05, 0) is 19.3 Å². The quantitative estimate of drug-likeness (QED) is 0.230. The topological polar surface area (TPSA) is 52.6 Å². The fraction of sp³-hybridized carbons (Fsp3) is 0.913. The van der Waals surface area contributed by atoms with E-state index >= 15 is 0 Å². The first kappa shape index (κ1) is 24.0. The van der Waals surface area contributed by atoms with Crippen LogP contribution in [0.5, 0.6) is 0 Å². The minimum absolute atomic E-state index is 0.139. The second-order valence-corrected chi connectivity index (χ2v) is 8.23. The summed E-state index contributed by atoms with van der Waals surface area (Å²) >= 11 is 0. The van der Waals surface area contributed by atoms with Gasteiger partial charge in [-0.3, -0.25) is 9.59 Å². The maximum absolute atomic E-state index is 12.0. The van der Waals surface area contributed by atoms with Crippen LogP contribution >= 0.6 is 0 Å². The Hall–Kier alpha value is -1.06. The molecular formula is C23H42O4. The Balaban J connectivity index is 2.12. The first-order chi connectivity index (χ1) is 13.1. The SMILES string of the molecule is CCCCCCCCC(=O)OC1CC(C)C1OC(=O)CCCCCCCC. The highest BCUT2D eigenvalue weighted by Gasteiger charge is 2.43. The van der Waals surface area contributed by atoms with Gasteiger partial charge in [0, 0.05) is 18.8 Å². The predicted molar refractivity (Wildman–Crippen MR) is 110 cm³/mol. The van der Waals surface area contributed by atoms with Gasteiger partial charge in [-0.25, -0.2) is 0 Å². The molecule has 3 unspecified atom stereocenters. The Morgan fingerprint density at radius 1 is 0.704 bits per heavy atom. The Bertz CT molecular complexity index is 407. The van der Waals surface area contributed by atoms with Gasteiger partial charge < -0.3 is 9.47 Å². The molecule has 0 aliphatic heterocycles. The molecule has 4 heteroatoms. The molecule has 0 aromatic carbocycles. The average Bonchev–Trinajstić information content (AvgIpc) is 2.65. The van der Waals surface area contributed by atoms with Gasteiger partial charge in [0.15, 0.2) is 0 Å². The van der Waals surface area contributed by atoms with Crippen LogP contribution in [0.15, 0.2) is 0 Å². The van der Waals surface area contributed by atoms with Crippen molar-refractivity contribution in [2.75, 3.05) is 0 Å². The summed E-state index contributed by atoms with van der Waals surface area (Å²) in [6.45, 7) is 6.46. The second-order valence-electron chi connectivity index (χ2n) is 8.23. The largest absolute Gasteiger partial charge is 0.458 e. The fourth-order valence-corrected chi connectivity index (χ4v) is 3.65. The van der Waals surface area contributed by atoms with Crippen molar-refractivity contribution < 1.29 is 19.1 Å². The summed E-state index contributed by atoms with van der Waals surface area (Å²) in [5.74, 6) is 0.00345. The summed E-state index contributed by atoms with van der Waals surface area (Å²) in [7, 11) is 0. The van der Waals surface area contributed by atoms with E-state index in [4.69, 9.17) is 9.47 Å². The van der Waals surface area contributed by atoms with E-state index in [1.54, 1.807) is 0 Å². The van der Waals surface area contributed by atoms with Crippen LogP contribution in [0.3, 0.4) is 0 Å². The lowest BCUT2D eigenvalue weighted by Crippen LogP contribution is -2.50. The van der Waals surface area contributed by atoms with Crippen LogP contribution in [0.2, 0.25) is 0 Å². The summed E-state index contributed by atoms with van der Waals surface area (Å²) in [6, 6.07) is 0. The van der Waals surface area contributed by atoms with Crippen LogP contribution in [0.1, 0.15) is 117 Å². The van der Waals surface area contributed by atoms with E-state index in [0.29, 0.717) is 12.8 Å². The van der Waals surface area contributed by atoms with E-state index in [2.05, 4.69) is 20.8 Å². The maximum atomic E-state index is 12.0. The molecule has 1 aliphatic rings. The highest BCUT2D eigenvalue weighted by atomic mass is 16.6. The molecule has 0 N–H and O–H groups in total. The zero-order valence-corrected chi connectivity index (χ0v) is 18.0. The van der Waals surface area contributed by atoms with Gasteiger partial charge in [0.25, 0.3) is 0 Å².